The molecule has 5 N–H and O–H groups in total. The van der Waals surface area contributed by atoms with Crippen molar-refractivity contribution in [2.75, 3.05) is 6.61 Å². The second kappa shape index (κ2) is 5.52. The first kappa shape index (κ1) is 13.5. The fourth-order valence-electron chi connectivity index (χ4n) is 1.05. The first-order valence-corrected chi connectivity index (χ1v) is 3.91. The Hall–Kier alpha value is -0.120. The Balaban J connectivity index is 0. The molecule has 11 heavy (non-hydrogen) atoms. The van der Waals surface area contributed by atoms with E-state index in [1.54, 1.807) is 6.92 Å². The normalized spacial score (nSPS) is 18.3. The molecule has 2 unspecified atom stereocenters. The van der Waals surface area contributed by atoms with Gasteiger partial charge >= 0.3 is 0 Å². The number of hydrogen-bond acceptors (Lipinski definition) is 3. The number of aliphatic hydroxyl groups excluding tert-OH is 1. The van der Waals surface area contributed by atoms with Crippen LogP contribution in [0.3, 0.4) is 0 Å². The van der Waals surface area contributed by atoms with Gasteiger partial charge in [-0.3, -0.25) is 0 Å². The first-order valence-electron chi connectivity index (χ1n) is 3.91. The Kier molecular flexibility index (Phi) is 6.76. The van der Waals surface area contributed by atoms with Crippen LogP contribution in [0.1, 0.15) is 33.6 Å². The van der Waals surface area contributed by atoms with E-state index in [9.17, 15) is 5.11 Å². The molecule has 70 valence electrons. The summed E-state index contributed by atoms with van der Waals surface area (Å²) in [6.07, 6.45) is 1.53. The minimum Gasteiger partial charge on any atom is -0.396 e. The monoisotopic (exact) mass is 163 g/mol. The molecule has 0 saturated carbocycles. The molecule has 0 saturated heterocycles. The van der Waals surface area contributed by atoms with E-state index in [4.69, 9.17) is 5.11 Å². The zero-order valence-corrected chi connectivity index (χ0v) is 7.80. The Labute approximate surface area is 69.0 Å². The van der Waals surface area contributed by atoms with Crippen LogP contribution in [0, 0.1) is 5.92 Å². The highest BCUT2D eigenvalue weighted by molar-refractivity contribution is 4.78. The summed E-state index contributed by atoms with van der Waals surface area (Å²) in [5.41, 5.74) is -0.691. The molecular weight excluding hydrogens is 142 g/mol. The van der Waals surface area contributed by atoms with Crippen LogP contribution in [0.15, 0.2) is 0 Å². The summed E-state index contributed by atoms with van der Waals surface area (Å²) >= 11 is 0. The lowest BCUT2D eigenvalue weighted by atomic mass is 9.86. The van der Waals surface area contributed by atoms with E-state index in [2.05, 4.69) is 0 Å². The van der Waals surface area contributed by atoms with E-state index in [0.717, 1.165) is 6.42 Å². The molecule has 0 aromatic heterocycles. The fourth-order valence-corrected chi connectivity index (χ4v) is 1.05. The Morgan fingerprint density at radius 2 is 1.82 bits per heavy atom. The van der Waals surface area contributed by atoms with Crippen molar-refractivity contribution < 1.29 is 10.2 Å². The van der Waals surface area contributed by atoms with Gasteiger partial charge in [-0.2, -0.15) is 0 Å². The smallest absolute Gasteiger partial charge is 0.0666 e. The average molecular weight is 163 g/mol. The number of aliphatic hydroxyl groups is 2. The predicted molar refractivity (Wildman–Crippen MR) is 46.8 cm³/mol. The van der Waals surface area contributed by atoms with Crippen LogP contribution in [0.2, 0.25) is 0 Å². The van der Waals surface area contributed by atoms with Crippen molar-refractivity contribution in [3.63, 3.8) is 0 Å². The van der Waals surface area contributed by atoms with Crippen molar-refractivity contribution in [2.45, 2.75) is 39.2 Å². The van der Waals surface area contributed by atoms with Crippen molar-refractivity contribution in [1.82, 2.24) is 6.15 Å². The van der Waals surface area contributed by atoms with E-state index in [1.807, 2.05) is 13.8 Å². The molecule has 2 atom stereocenters. The first-order chi connectivity index (χ1) is 4.58. The van der Waals surface area contributed by atoms with Gasteiger partial charge in [0, 0.05) is 12.5 Å². The predicted octanol–water partition coefficient (Wildman–Crippen LogP) is 1.33. The largest absolute Gasteiger partial charge is 0.396 e. The van der Waals surface area contributed by atoms with Crippen LogP contribution in [0.5, 0.6) is 0 Å². The molecule has 0 fully saturated rings. The van der Waals surface area contributed by atoms with Crippen LogP contribution in [0.4, 0.5) is 0 Å². The molecule has 0 aliphatic carbocycles. The van der Waals surface area contributed by atoms with E-state index in [1.165, 1.54) is 0 Å². The summed E-state index contributed by atoms with van der Waals surface area (Å²) in [7, 11) is 0. The molecular formula is C8H21NO2. The van der Waals surface area contributed by atoms with Crippen LogP contribution in [0.25, 0.3) is 0 Å². The molecule has 0 bridgehead atoms. The van der Waals surface area contributed by atoms with E-state index < -0.39 is 5.60 Å². The maximum absolute atomic E-state index is 9.62. The second-order valence-electron chi connectivity index (χ2n) is 3.00. The molecule has 0 spiro atoms. The van der Waals surface area contributed by atoms with Gasteiger partial charge < -0.3 is 16.4 Å². The van der Waals surface area contributed by atoms with Gasteiger partial charge in [-0.05, 0) is 19.8 Å². The average Bonchev–Trinajstić information content (AvgIpc) is 1.90. The van der Waals surface area contributed by atoms with Gasteiger partial charge in [-0.25, -0.2) is 0 Å². The minimum absolute atomic E-state index is 0. The highest BCUT2D eigenvalue weighted by atomic mass is 16.3. The highest BCUT2D eigenvalue weighted by Gasteiger charge is 2.27. The standard InChI is InChI=1S/C8H18O2.H3N/c1-4-7(6-9)8(3,10)5-2;/h7,9-10H,4-6H2,1-3H3;1H3. The van der Waals surface area contributed by atoms with Crippen LogP contribution >= 0.6 is 0 Å². The molecule has 0 aromatic carbocycles. The van der Waals surface area contributed by atoms with Crippen molar-refractivity contribution in [3.05, 3.63) is 0 Å². The number of rotatable bonds is 4. The van der Waals surface area contributed by atoms with Gasteiger partial charge in [0.15, 0.2) is 0 Å². The third-order valence-corrected chi connectivity index (χ3v) is 2.31. The maximum Gasteiger partial charge on any atom is 0.0666 e. The van der Waals surface area contributed by atoms with Crippen molar-refractivity contribution in [1.29, 1.82) is 0 Å². The van der Waals surface area contributed by atoms with Crippen LogP contribution in [-0.2, 0) is 0 Å². The molecule has 3 nitrogen and oxygen atoms in total. The lowest BCUT2D eigenvalue weighted by molar-refractivity contribution is -0.0286. The quantitative estimate of drug-likeness (QED) is 0.585. The summed E-state index contributed by atoms with van der Waals surface area (Å²) < 4.78 is 0. The lowest BCUT2D eigenvalue weighted by Crippen LogP contribution is -2.35. The topological polar surface area (TPSA) is 75.5 Å². The summed E-state index contributed by atoms with van der Waals surface area (Å²) in [5.74, 6) is 0.0255. The van der Waals surface area contributed by atoms with Crippen molar-refractivity contribution in [2.24, 2.45) is 5.92 Å². The second-order valence-corrected chi connectivity index (χ2v) is 3.00. The van der Waals surface area contributed by atoms with Gasteiger partial charge in [0.1, 0.15) is 0 Å². The summed E-state index contributed by atoms with van der Waals surface area (Å²) in [5, 5.41) is 18.5. The minimum atomic E-state index is -0.691. The lowest BCUT2D eigenvalue weighted by Gasteiger charge is -2.29. The van der Waals surface area contributed by atoms with Gasteiger partial charge in [-0.15, -0.1) is 0 Å². The fraction of sp³-hybridized carbons (Fsp3) is 1.00. The summed E-state index contributed by atoms with van der Waals surface area (Å²) in [6, 6.07) is 0. The van der Waals surface area contributed by atoms with E-state index in [0.29, 0.717) is 6.42 Å². The highest BCUT2D eigenvalue weighted by Crippen LogP contribution is 2.22. The zero-order valence-electron chi connectivity index (χ0n) is 7.80. The van der Waals surface area contributed by atoms with Crippen LogP contribution in [-0.4, -0.2) is 22.4 Å². The van der Waals surface area contributed by atoms with E-state index in [-0.39, 0.29) is 18.7 Å². The molecule has 0 amide bonds. The molecule has 0 aliphatic heterocycles. The Morgan fingerprint density at radius 3 is 1.91 bits per heavy atom. The maximum atomic E-state index is 9.62. The third-order valence-electron chi connectivity index (χ3n) is 2.31. The van der Waals surface area contributed by atoms with Gasteiger partial charge in [0.2, 0.25) is 0 Å². The molecule has 0 radical (unpaired) electrons. The van der Waals surface area contributed by atoms with Crippen molar-refractivity contribution >= 4 is 0 Å². The molecule has 0 heterocycles. The molecule has 3 heteroatoms. The summed E-state index contributed by atoms with van der Waals surface area (Å²) in [4.78, 5) is 0. The molecule has 0 aromatic rings. The van der Waals surface area contributed by atoms with Crippen LogP contribution < -0.4 is 6.15 Å². The Morgan fingerprint density at radius 1 is 1.36 bits per heavy atom. The Bertz CT molecular complexity index is 90.1. The summed E-state index contributed by atoms with van der Waals surface area (Å²) in [6.45, 7) is 5.76. The molecule has 0 aliphatic rings. The molecule has 0 rings (SSSR count). The zero-order chi connectivity index (χ0) is 8.20. The van der Waals surface area contributed by atoms with Crippen molar-refractivity contribution in [3.8, 4) is 0 Å². The van der Waals surface area contributed by atoms with Gasteiger partial charge in [0.05, 0.1) is 5.60 Å². The number of hydrogen-bond donors (Lipinski definition) is 3. The van der Waals surface area contributed by atoms with Gasteiger partial charge in [-0.1, -0.05) is 13.8 Å². The SMILES string of the molecule is CCC(CO)C(C)(O)CC.N. The third kappa shape index (κ3) is 3.70. The van der Waals surface area contributed by atoms with Gasteiger partial charge in [0.25, 0.3) is 0 Å². The van der Waals surface area contributed by atoms with E-state index >= 15 is 0 Å².